The molecule has 1 aromatic carbocycles. The number of alkyl carbamates (subject to hydrolysis) is 1. The molecule has 0 spiro atoms. The third kappa shape index (κ3) is 10.2. The predicted molar refractivity (Wildman–Crippen MR) is 122 cm³/mol. The van der Waals surface area contributed by atoms with Gasteiger partial charge in [0, 0.05) is 39.6 Å². The third-order valence-corrected chi connectivity index (χ3v) is 4.83. The first-order valence-corrected chi connectivity index (χ1v) is 11.2. The summed E-state index contributed by atoms with van der Waals surface area (Å²) < 4.78 is 65.1. The summed E-state index contributed by atoms with van der Waals surface area (Å²) in [5.74, 6) is 0.593. The molecule has 0 saturated heterocycles. The van der Waals surface area contributed by atoms with Gasteiger partial charge in [0.15, 0.2) is 0 Å². The van der Waals surface area contributed by atoms with Gasteiger partial charge in [-0.15, -0.1) is 0 Å². The maximum Gasteiger partial charge on any atom is 0.417 e. The lowest BCUT2D eigenvalue weighted by Crippen LogP contribution is -2.26. The second kappa shape index (κ2) is 14.6. The molecule has 0 fully saturated rings. The Morgan fingerprint density at radius 1 is 1.06 bits per heavy atom. The molecule has 0 atom stereocenters. The normalized spacial score (nSPS) is 11.3. The monoisotopic (exact) mass is 520 g/mol. The average Bonchev–Trinajstić information content (AvgIpc) is 2.81. The Labute approximate surface area is 206 Å². The molecule has 1 aromatic heterocycles. The summed E-state index contributed by atoms with van der Waals surface area (Å²) in [6.07, 6.45) is -2.86. The maximum absolute atomic E-state index is 12.9. The van der Waals surface area contributed by atoms with Crippen molar-refractivity contribution in [2.24, 2.45) is 0 Å². The van der Waals surface area contributed by atoms with E-state index in [1.807, 2.05) is 0 Å². The van der Waals surface area contributed by atoms with Gasteiger partial charge < -0.3 is 29.0 Å². The van der Waals surface area contributed by atoms with Crippen LogP contribution in [0.1, 0.15) is 24.0 Å². The van der Waals surface area contributed by atoms with Crippen molar-refractivity contribution in [3.63, 3.8) is 0 Å². The summed E-state index contributed by atoms with van der Waals surface area (Å²) in [6, 6.07) is 5.81. The highest BCUT2D eigenvalue weighted by molar-refractivity contribution is 6.31. The van der Waals surface area contributed by atoms with Gasteiger partial charge >= 0.3 is 12.3 Å². The van der Waals surface area contributed by atoms with Gasteiger partial charge in [0.25, 0.3) is 0 Å². The molecule has 2 rings (SSSR count). The van der Waals surface area contributed by atoms with Crippen molar-refractivity contribution in [1.29, 1.82) is 0 Å². The van der Waals surface area contributed by atoms with Gasteiger partial charge in [0.05, 0.1) is 18.8 Å². The second-order valence-corrected chi connectivity index (χ2v) is 7.64. The van der Waals surface area contributed by atoms with Crippen LogP contribution >= 0.6 is 11.6 Å². The molecule has 0 aliphatic carbocycles. The lowest BCUT2D eigenvalue weighted by molar-refractivity contribution is -0.137. The van der Waals surface area contributed by atoms with Crippen LogP contribution in [0.15, 0.2) is 30.5 Å². The Kier molecular flexibility index (Phi) is 11.9. The minimum atomic E-state index is -4.58. The van der Waals surface area contributed by atoms with Crippen molar-refractivity contribution in [1.82, 2.24) is 10.3 Å². The number of pyridine rings is 1. The number of halogens is 4. The van der Waals surface area contributed by atoms with E-state index in [0.29, 0.717) is 68.9 Å². The fraction of sp³-hybridized carbons (Fsp3) is 0.478. The van der Waals surface area contributed by atoms with Crippen molar-refractivity contribution in [2.75, 3.05) is 47.2 Å². The molecule has 1 amide bonds. The number of aromatic nitrogens is 1. The second-order valence-electron chi connectivity index (χ2n) is 7.23. The topological polar surface area (TPSA) is 88.1 Å². The van der Waals surface area contributed by atoms with E-state index in [2.05, 4.69) is 10.3 Å². The van der Waals surface area contributed by atoms with Crippen LogP contribution in [0.2, 0.25) is 5.02 Å². The number of hydrogen-bond acceptors (Lipinski definition) is 7. The van der Waals surface area contributed by atoms with Gasteiger partial charge in [0.1, 0.15) is 23.1 Å². The third-order valence-electron chi connectivity index (χ3n) is 4.55. The largest absolute Gasteiger partial charge is 0.491 e. The average molecular weight is 521 g/mol. The van der Waals surface area contributed by atoms with Crippen LogP contribution in [-0.4, -0.2) is 58.3 Å². The molecule has 194 valence electrons. The van der Waals surface area contributed by atoms with Crippen LogP contribution in [0, 0.1) is 0 Å². The Morgan fingerprint density at radius 2 is 1.83 bits per heavy atom. The number of carbonyl (C=O) groups is 1. The Morgan fingerprint density at radius 3 is 2.51 bits per heavy atom. The minimum Gasteiger partial charge on any atom is -0.491 e. The zero-order valence-corrected chi connectivity index (χ0v) is 20.2. The lowest BCUT2D eigenvalue weighted by Gasteiger charge is -2.15. The smallest absolute Gasteiger partial charge is 0.417 e. The molecule has 0 aliphatic heterocycles. The van der Waals surface area contributed by atoms with Gasteiger partial charge in [-0.05, 0) is 37.0 Å². The molecule has 0 aliphatic rings. The zero-order valence-electron chi connectivity index (χ0n) is 19.5. The van der Waals surface area contributed by atoms with Crippen LogP contribution in [0.3, 0.4) is 0 Å². The van der Waals surface area contributed by atoms with E-state index in [0.717, 1.165) is 6.07 Å². The molecule has 35 heavy (non-hydrogen) atoms. The van der Waals surface area contributed by atoms with Gasteiger partial charge in [-0.1, -0.05) is 17.7 Å². The van der Waals surface area contributed by atoms with E-state index < -0.39 is 17.8 Å². The number of hydrogen-bond donors (Lipinski definition) is 1. The van der Waals surface area contributed by atoms with E-state index in [-0.39, 0.29) is 17.5 Å². The Hall–Kier alpha value is -2.76. The summed E-state index contributed by atoms with van der Waals surface area (Å²) in [4.78, 5) is 15.4. The van der Waals surface area contributed by atoms with Crippen molar-refractivity contribution in [2.45, 2.75) is 25.4 Å². The van der Waals surface area contributed by atoms with Gasteiger partial charge in [-0.2, -0.15) is 13.2 Å². The molecule has 2 aromatic rings. The summed E-state index contributed by atoms with van der Waals surface area (Å²) in [5.41, 5.74) is -0.282. The summed E-state index contributed by atoms with van der Waals surface area (Å²) in [7, 11) is 3.12. The Balaban J connectivity index is 2.05. The lowest BCUT2D eigenvalue weighted by atomic mass is 10.1. The van der Waals surface area contributed by atoms with Crippen molar-refractivity contribution < 1.29 is 41.7 Å². The molecule has 1 heterocycles. The summed E-state index contributed by atoms with van der Waals surface area (Å²) in [6.45, 7) is 1.79. The highest BCUT2D eigenvalue weighted by atomic mass is 35.5. The quantitative estimate of drug-likeness (QED) is 0.340. The summed E-state index contributed by atoms with van der Waals surface area (Å²) in [5, 5.41) is 2.33. The molecule has 8 nitrogen and oxygen atoms in total. The molecular formula is C23H28ClF3N2O6. The van der Waals surface area contributed by atoms with Crippen LogP contribution in [0.4, 0.5) is 18.0 Å². The number of alkyl halides is 3. The van der Waals surface area contributed by atoms with E-state index >= 15 is 0 Å². The number of ether oxygens (including phenoxy) is 5. The van der Waals surface area contributed by atoms with Crippen LogP contribution < -0.4 is 14.8 Å². The van der Waals surface area contributed by atoms with Crippen molar-refractivity contribution >= 4 is 17.7 Å². The van der Waals surface area contributed by atoms with Gasteiger partial charge in [0.2, 0.25) is 5.88 Å². The fourth-order valence-corrected chi connectivity index (χ4v) is 3.02. The van der Waals surface area contributed by atoms with Gasteiger partial charge in [-0.3, -0.25) is 0 Å². The first-order valence-electron chi connectivity index (χ1n) is 10.8. The highest BCUT2D eigenvalue weighted by Gasteiger charge is 2.32. The number of amides is 1. The standard InChI is InChI=1S/C23H28ClF3N2O6/c1-31-9-4-8-28-22(30)34-10-3-5-16-6-7-18(33-12-11-32-2)14-20(16)35-21-19(24)13-17(15-29-21)23(25,26)27/h6-7,13-15H,3-5,8-12H2,1-2H3,(H,28,30). The maximum atomic E-state index is 12.9. The SMILES string of the molecule is COCCCNC(=O)OCCCc1ccc(OCCOC)cc1Oc1ncc(C(F)(F)F)cc1Cl. The molecular weight excluding hydrogens is 493 g/mol. The number of nitrogens with one attached hydrogen (secondary N) is 1. The molecule has 0 radical (unpaired) electrons. The zero-order chi connectivity index (χ0) is 25.7. The number of methoxy groups -OCH3 is 2. The van der Waals surface area contributed by atoms with Crippen molar-refractivity contribution in [3.8, 4) is 17.4 Å². The Bertz CT molecular complexity index is 946. The van der Waals surface area contributed by atoms with E-state index in [1.165, 1.54) is 0 Å². The van der Waals surface area contributed by atoms with E-state index in [1.54, 1.807) is 32.4 Å². The molecule has 1 N–H and O–H groups in total. The van der Waals surface area contributed by atoms with Crippen LogP contribution in [0.25, 0.3) is 0 Å². The molecule has 0 saturated carbocycles. The van der Waals surface area contributed by atoms with Crippen LogP contribution in [0.5, 0.6) is 17.4 Å². The van der Waals surface area contributed by atoms with Crippen molar-refractivity contribution in [3.05, 3.63) is 46.6 Å². The number of benzene rings is 1. The number of rotatable bonds is 14. The minimum absolute atomic E-state index is 0.154. The predicted octanol–water partition coefficient (Wildman–Crippen LogP) is 5.27. The van der Waals surface area contributed by atoms with Gasteiger partial charge in [-0.25, -0.2) is 9.78 Å². The van der Waals surface area contributed by atoms with Crippen LogP contribution in [-0.2, 0) is 26.8 Å². The highest BCUT2D eigenvalue weighted by Crippen LogP contribution is 2.36. The first-order chi connectivity index (χ1) is 16.7. The summed E-state index contributed by atoms with van der Waals surface area (Å²) >= 11 is 6.00. The van der Waals surface area contributed by atoms with E-state index in [4.69, 9.17) is 35.3 Å². The molecule has 12 heteroatoms. The van der Waals surface area contributed by atoms with E-state index in [9.17, 15) is 18.0 Å². The number of carbonyl (C=O) groups excluding carboxylic acids is 1. The molecule has 0 unspecified atom stereocenters. The fourth-order valence-electron chi connectivity index (χ4n) is 2.81. The first kappa shape index (κ1) is 28.5. The number of nitrogens with zero attached hydrogens (tertiary/aromatic N) is 1. The number of aryl methyl sites for hydroxylation is 1. The molecule has 0 bridgehead atoms.